The van der Waals surface area contributed by atoms with Crippen molar-refractivity contribution in [2.24, 2.45) is 5.73 Å². The van der Waals surface area contributed by atoms with E-state index in [1.165, 1.54) is 0 Å². The van der Waals surface area contributed by atoms with Crippen LogP contribution in [0.5, 0.6) is 5.88 Å². The normalized spacial score (nSPS) is 16.4. The predicted octanol–water partition coefficient (Wildman–Crippen LogP) is 0.626. The van der Waals surface area contributed by atoms with Gasteiger partial charge in [0.1, 0.15) is 6.10 Å². The van der Waals surface area contributed by atoms with Crippen molar-refractivity contribution < 1.29 is 9.47 Å². The molecule has 2 N–H and O–H groups in total. The number of hydrogen-bond donors (Lipinski definition) is 1. The Hall–Kier alpha value is -1.13. The molecule has 0 amide bonds. The first kappa shape index (κ1) is 9.43. The number of pyridine rings is 1. The van der Waals surface area contributed by atoms with Gasteiger partial charge in [0.2, 0.25) is 5.88 Å². The maximum atomic E-state index is 5.55. The molecule has 14 heavy (non-hydrogen) atoms. The highest BCUT2D eigenvalue weighted by molar-refractivity contribution is 5.24. The van der Waals surface area contributed by atoms with Crippen molar-refractivity contribution in [3.05, 3.63) is 23.4 Å². The van der Waals surface area contributed by atoms with E-state index >= 15 is 0 Å². The van der Waals surface area contributed by atoms with E-state index in [-0.39, 0.29) is 6.10 Å². The summed E-state index contributed by atoms with van der Waals surface area (Å²) in [5.41, 5.74) is 7.53. The molecular weight excluding hydrogens is 180 g/mol. The van der Waals surface area contributed by atoms with E-state index < -0.39 is 0 Å². The van der Waals surface area contributed by atoms with Gasteiger partial charge in [-0.2, -0.15) is 0 Å². The standard InChI is InChI=1S/C10H14N2O2/c1-7-8(4-11)2-3-10(12-7)14-9-5-13-6-9/h2-3,9H,4-6,11H2,1H3. The zero-order chi connectivity index (χ0) is 9.97. The van der Waals surface area contributed by atoms with Crippen LogP contribution in [0.25, 0.3) is 0 Å². The lowest BCUT2D eigenvalue weighted by atomic mass is 10.2. The van der Waals surface area contributed by atoms with Gasteiger partial charge in [-0.3, -0.25) is 0 Å². The van der Waals surface area contributed by atoms with Crippen LogP contribution in [0.4, 0.5) is 0 Å². The fourth-order valence-corrected chi connectivity index (χ4v) is 1.30. The zero-order valence-electron chi connectivity index (χ0n) is 8.19. The van der Waals surface area contributed by atoms with Gasteiger partial charge >= 0.3 is 0 Å². The average molecular weight is 194 g/mol. The SMILES string of the molecule is Cc1nc(OC2COC2)ccc1CN. The van der Waals surface area contributed by atoms with E-state index in [9.17, 15) is 0 Å². The van der Waals surface area contributed by atoms with Gasteiger partial charge < -0.3 is 15.2 Å². The fraction of sp³-hybridized carbons (Fsp3) is 0.500. The third kappa shape index (κ3) is 1.86. The van der Waals surface area contributed by atoms with Crippen LogP contribution in [0, 0.1) is 6.92 Å². The Morgan fingerprint density at radius 3 is 2.86 bits per heavy atom. The molecule has 0 unspecified atom stereocenters. The second-order valence-corrected chi connectivity index (χ2v) is 3.38. The van der Waals surface area contributed by atoms with Crippen LogP contribution in [-0.4, -0.2) is 24.3 Å². The van der Waals surface area contributed by atoms with Crippen LogP contribution in [0.15, 0.2) is 12.1 Å². The van der Waals surface area contributed by atoms with Gasteiger partial charge in [0.25, 0.3) is 0 Å². The van der Waals surface area contributed by atoms with Crippen LogP contribution in [0.1, 0.15) is 11.3 Å². The molecule has 1 aliphatic heterocycles. The van der Waals surface area contributed by atoms with Crippen LogP contribution in [-0.2, 0) is 11.3 Å². The lowest BCUT2D eigenvalue weighted by Gasteiger charge is -2.26. The minimum absolute atomic E-state index is 0.172. The molecule has 2 heterocycles. The van der Waals surface area contributed by atoms with Crippen molar-refractivity contribution in [2.75, 3.05) is 13.2 Å². The van der Waals surface area contributed by atoms with Crippen molar-refractivity contribution >= 4 is 0 Å². The third-order valence-electron chi connectivity index (χ3n) is 2.28. The highest BCUT2D eigenvalue weighted by Gasteiger charge is 2.20. The highest BCUT2D eigenvalue weighted by Crippen LogP contribution is 2.15. The van der Waals surface area contributed by atoms with Crippen LogP contribution in [0.2, 0.25) is 0 Å². The monoisotopic (exact) mass is 194 g/mol. The zero-order valence-corrected chi connectivity index (χ0v) is 8.19. The van der Waals surface area contributed by atoms with E-state index in [0.29, 0.717) is 25.6 Å². The summed E-state index contributed by atoms with van der Waals surface area (Å²) in [5, 5.41) is 0. The fourth-order valence-electron chi connectivity index (χ4n) is 1.30. The van der Waals surface area contributed by atoms with Gasteiger partial charge in [-0.1, -0.05) is 6.07 Å². The molecule has 1 aliphatic rings. The maximum Gasteiger partial charge on any atom is 0.213 e. The molecular formula is C10H14N2O2. The second-order valence-electron chi connectivity index (χ2n) is 3.38. The molecule has 1 saturated heterocycles. The van der Waals surface area contributed by atoms with Gasteiger partial charge in [0.05, 0.1) is 13.2 Å². The lowest BCUT2D eigenvalue weighted by Crippen LogP contribution is -2.38. The summed E-state index contributed by atoms with van der Waals surface area (Å²) in [4.78, 5) is 4.31. The Morgan fingerprint density at radius 1 is 1.57 bits per heavy atom. The summed E-state index contributed by atoms with van der Waals surface area (Å²) in [5.74, 6) is 0.660. The van der Waals surface area contributed by atoms with Crippen molar-refractivity contribution in [1.82, 2.24) is 4.98 Å². The summed E-state index contributed by atoms with van der Waals surface area (Å²) in [7, 11) is 0. The number of aryl methyl sites for hydroxylation is 1. The largest absolute Gasteiger partial charge is 0.469 e. The summed E-state index contributed by atoms with van der Waals surface area (Å²) in [6, 6.07) is 3.81. The first-order valence-electron chi connectivity index (χ1n) is 4.70. The van der Waals surface area contributed by atoms with Crippen molar-refractivity contribution in [2.45, 2.75) is 19.6 Å². The molecule has 76 valence electrons. The van der Waals surface area contributed by atoms with Gasteiger partial charge in [-0.15, -0.1) is 0 Å². The molecule has 0 atom stereocenters. The molecule has 0 radical (unpaired) electrons. The van der Waals surface area contributed by atoms with E-state index in [4.69, 9.17) is 15.2 Å². The van der Waals surface area contributed by atoms with Gasteiger partial charge in [-0.05, 0) is 12.5 Å². The van der Waals surface area contributed by atoms with E-state index in [1.807, 2.05) is 19.1 Å². The topological polar surface area (TPSA) is 57.4 Å². The Bertz CT molecular complexity index is 324. The highest BCUT2D eigenvalue weighted by atomic mass is 16.6. The summed E-state index contributed by atoms with van der Waals surface area (Å²) in [6.45, 7) is 3.79. The minimum Gasteiger partial charge on any atom is -0.469 e. The van der Waals surface area contributed by atoms with Crippen molar-refractivity contribution in [3.8, 4) is 5.88 Å². The van der Waals surface area contributed by atoms with Crippen LogP contribution in [0.3, 0.4) is 0 Å². The molecule has 0 bridgehead atoms. The minimum atomic E-state index is 0.172. The number of hydrogen-bond acceptors (Lipinski definition) is 4. The smallest absolute Gasteiger partial charge is 0.213 e. The molecule has 0 saturated carbocycles. The first-order chi connectivity index (χ1) is 6.79. The Balaban J connectivity index is 2.07. The van der Waals surface area contributed by atoms with Gasteiger partial charge in [0.15, 0.2) is 0 Å². The summed E-state index contributed by atoms with van der Waals surface area (Å²) in [6.07, 6.45) is 0.172. The molecule has 2 rings (SSSR count). The van der Waals surface area contributed by atoms with E-state index in [2.05, 4.69) is 4.98 Å². The van der Waals surface area contributed by atoms with Crippen LogP contribution >= 0.6 is 0 Å². The van der Waals surface area contributed by atoms with E-state index in [1.54, 1.807) is 0 Å². The number of rotatable bonds is 3. The molecule has 1 fully saturated rings. The Labute approximate surface area is 83.0 Å². The number of aromatic nitrogens is 1. The predicted molar refractivity (Wildman–Crippen MR) is 52.1 cm³/mol. The Kier molecular flexibility index (Phi) is 2.65. The first-order valence-corrected chi connectivity index (χ1v) is 4.70. The molecule has 1 aromatic heterocycles. The molecule has 0 aromatic carbocycles. The average Bonchev–Trinajstić information content (AvgIpc) is 2.12. The molecule has 0 spiro atoms. The Morgan fingerprint density at radius 2 is 2.36 bits per heavy atom. The van der Waals surface area contributed by atoms with Crippen LogP contribution < -0.4 is 10.5 Å². The molecule has 4 nitrogen and oxygen atoms in total. The number of nitrogens with two attached hydrogens (primary N) is 1. The molecule has 4 heteroatoms. The summed E-state index contributed by atoms with van der Waals surface area (Å²) >= 11 is 0. The molecule has 0 aliphatic carbocycles. The van der Waals surface area contributed by atoms with E-state index in [0.717, 1.165) is 11.3 Å². The maximum absolute atomic E-state index is 5.55. The van der Waals surface area contributed by atoms with Gasteiger partial charge in [0, 0.05) is 18.3 Å². The lowest BCUT2D eigenvalue weighted by molar-refractivity contribution is -0.0813. The quantitative estimate of drug-likeness (QED) is 0.766. The van der Waals surface area contributed by atoms with Crippen molar-refractivity contribution in [3.63, 3.8) is 0 Å². The number of ether oxygens (including phenoxy) is 2. The summed E-state index contributed by atoms with van der Waals surface area (Å²) < 4.78 is 10.6. The second kappa shape index (κ2) is 3.94. The number of nitrogens with zero attached hydrogens (tertiary/aromatic N) is 1. The molecule has 1 aromatic rings. The van der Waals surface area contributed by atoms with Gasteiger partial charge in [-0.25, -0.2) is 4.98 Å². The van der Waals surface area contributed by atoms with Crippen molar-refractivity contribution in [1.29, 1.82) is 0 Å². The third-order valence-corrected chi connectivity index (χ3v) is 2.28.